The number of anilines is 1. The van der Waals surface area contributed by atoms with Gasteiger partial charge in [0.05, 0.1) is 16.3 Å². The Morgan fingerprint density at radius 1 is 0.861 bits per heavy atom. The highest BCUT2D eigenvalue weighted by Gasteiger charge is 2.50. The molecule has 0 amide bonds. The molecule has 0 heterocycles. The van der Waals surface area contributed by atoms with Gasteiger partial charge >= 0.3 is 0 Å². The van der Waals surface area contributed by atoms with Gasteiger partial charge in [-0.15, -0.1) is 0 Å². The normalized spacial score (nSPS) is 18.9. The molecule has 0 fully saturated rings. The van der Waals surface area contributed by atoms with E-state index in [0.717, 1.165) is 21.2 Å². The van der Waals surface area contributed by atoms with Crippen LogP contribution in [0.25, 0.3) is 6.08 Å². The van der Waals surface area contributed by atoms with E-state index < -0.39 is 15.4 Å². The molecule has 0 aliphatic heterocycles. The van der Waals surface area contributed by atoms with Crippen LogP contribution in [0.5, 0.6) is 0 Å². The number of allylic oxidation sites excluding steroid dienone is 4. The first-order valence-electron chi connectivity index (χ1n) is 11.7. The van der Waals surface area contributed by atoms with Crippen LogP contribution in [0.4, 0.5) is 5.69 Å². The number of hydrogen-bond acceptors (Lipinski definition) is 3. The van der Waals surface area contributed by atoms with E-state index in [1.807, 2.05) is 60.7 Å². The Labute approximate surface area is 220 Å². The molecule has 0 radical (unpaired) electrons. The van der Waals surface area contributed by atoms with Crippen molar-refractivity contribution in [3.63, 3.8) is 0 Å². The van der Waals surface area contributed by atoms with Gasteiger partial charge in [0, 0.05) is 4.47 Å². The molecular weight excluding hydrogens is 534 g/mol. The van der Waals surface area contributed by atoms with Crippen LogP contribution in [0.15, 0.2) is 112 Å². The molecule has 36 heavy (non-hydrogen) atoms. The average Bonchev–Trinajstić information content (AvgIpc) is 3.15. The Morgan fingerprint density at radius 2 is 1.53 bits per heavy atom. The predicted octanol–water partition coefficient (Wildman–Crippen LogP) is 6.93. The standard InChI is InChI=1S/C30H26BrNO3S/c1-29(2,3)22-11-15-24(16-12-22)32(36(34,35)25-17-13-23(31)14-18-25)27-20-21-8-4-5-9-26(21)30(27)19-7-6-10-28(30)33/h4-20H,1-3H3/t30-/m1/s1. The maximum absolute atomic E-state index is 14.3. The van der Waals surface area contributed by atoms with E-state index >= 15 is 0 Å². The summed E-state index contributed by atoms with van der Waals surface area (Å²) in [6.45, 7) is 6.34. The molecular formula is C30H26BrNO3S. The fraction of sp³-hybridized carbons (Fsp3) is 0.167. The van der Waals surface area contributed by atoms with Gasteiger partial charge in [-0.05, 0) is 70.7 Å². The SMILES string of the molecule is CC(C)(C)c1ccc(N(C2=Cc3ccccc3[C@]23C=CC=CC3=O)S(=O)(=O)c2ccc(Br)cc2)cc1. The van der Waals surface area contributed by atoms with E-state index in [1.165, 1.54) is 10.4 Å². The average molecular weight is 561 g/mol. The number of carbonyl (C=O) groups is 1. The van der Waals surface area contributed by atoms with Gasteiger partial charge in [0.1, 0.15) is 5.41 Å². The van der Waals surface area contributed by atoms with Crippen molar-refractivity contribution < 1.29 is 13.2 Å². The number of benzene rings is 3. The number of sulfonamides is 1. The maximum Gasteiger partial charge on any atom is 0.268 e. The van der Waals surface area contributed by atoms with Gasteiger partial charge in [-0.2, -0.15) is 0 Å². The second-order valence-corrected chi connectivity index (χ2v) is 12.7. The van der Waals surface area contributed by atoms with E-state index in [1.54, 1.807) is 36.4 Å². The van der Waals surface area contributed by atoms with E-state index in [4.69, 9.17) is 0 Å². The second kappa shape index (κ2) is 8.71. The highest BCUT2D eigenvalue weighted by Crippen LogP contribution is 2.49. The van der Waals surface area contributed by atoms with E-state index in [-0.39, 0.29) is 16.1 Å². The van der Waals surface area contributed by atoms with Gasteiger partial charge in [0.25, 0.3) is 10.0 Å². The zero-order chi connectivity index (χ0) is 25.7. The van der Waals surface area contributed by atoms with Crippen molar-refractivity contribution in [3.05, 3.63) is 124 Å². The Balaban J connectivity index is 1.77. The largest absolute Gasteiger partial charge is 0.293 e. The summed E-state index contributed by atoms with van der Waals surface area (Å²) in [5.74, 6) is -0.177. The van der Waals surface area contributed by atoms with Crippen LogP contribution < -0.4 is 4.31 Å². The van der Waals surface area contributed by atoms with Crippen LogP contribution in [0.3, 0.4) is 0 Å². The molecule has 2 aliphatic carbocycles. The van der Waals surface area contributed by atoms with Gasteiger partial charge in [-0.25, -0.2) is 12.7 Å². The molecule has 6 heteroatoms. The number of ketones is 1. The third-order valence-electron chi connectivity index (χ3n) is 6.71. The van der Waals surface area contributed by atoms with Gasteiger partial charge in [-0.3, -0.25) is 4.79 Å². The minimum atomic E-state index is -4.09. The van der Waals surface area contributed by atoms with Gasteiger partial charge < -0.3 is 0 Å². The third kappa shape index (κ3) is 3.89. The third-order valence-corrected chi connectivity index (χ3v) is 9.00. The molecule has 1 spiro atoms. The zero-order valence-corrected chi connectivity index (χ0v) is 22.7. The zero-order valence-electron chi connectivity index (χ0n) is 20.3. The monoisotopic (exact) mass is 559 g/mol. The molecule has 5 rings (SSSR count). The lowest BCUT2D eigenvalue weighted by molar-refractivity contribution is -0.117. The molecule has 1 atom stereocenters. The Morgan fingerprint density at radius 3 is 2.17 bits per heavy atom. The van der Waals surface area contributed by atoms with Crippen LogP contribution in [0, 0.1) is 0 Å². The summed E-state index contributed by atoms with van der Waals surface area (Å²) in [6.07, 6.45) is 8.65. The van der Waals surface area contributed by atoms with Crippen molar-refractivity contribution in [1.29, 1.82) is 0 Å². The fourth-order valence-electron chi connectivity index (χ4n) is 4.81. The van der Waals surface area contributed by atoms with Crippen molar-refractivity contribution in [2.75, 3.05) is 4.31 Å². The van der Waals surface area contributed by atoms with Crippen molar-refractivity contribution in [3.8, 4) is 0 Å². The summed E-state index contributed by atoms with van der Waals surface area (Å²) in [4.78, 5) is 13.8. The van der Waals surface area contributed by atoms with E-state index in [9.17, 15) is 13.2 Å². The molecule has 182 valence electrons. The number of nitrogens with zero attached hydrogens (tertiary/aromatic N) is 1. The lowest BCUT2D eigenvalue weighted by Gasteiger charge is -2.36. The van der Waals surface area contributed by atoms with Crippen LogP contribution in [0.1, 0.15) is 37.5 Å². The molecule has 0 aromatic heterocycles. The first-order valence-corrected chi connectivity index (χ1v) is 13.9. The number of rotatable bonds is 4. The van der Waals surface area contributed by atoms with Crippen LogP contribution in [-0.2, 0) is 25.6 Å². The number of fused-ring (bicyclic) bond motifs is 2. The van der Waals surface area contributed by atoms with Gasteiger partial charge in [0.2, 0.25) is 0 Å². The van der Waals surface area contributed by atoms with Gasteiger partial charge in [-0.1, -0.05) is 91.3 Å². The van der Waals surface area contributed by atoms with Gasteiger partial charge in [0.15, 0.2) is 5.78 Å². The first-order chi connectivity index (χ1) is 17.0. The topological polar surface area (TPSA) is 54.5 Å². The summed E-state index contributed by atoms with van der Waals surface area (Å²) in [6, 6.07) is 21.7. The van der Waals surface area contributed by atoms with Crippen LogP contribution in [0.2, 0.25) is 0 Å². The number of carbonyl (C=O) groups excluding carboxylic acids is 1. The fourth-order valence-corrected chi connectivity index (χ4v) is 6.62. The molecule has 3 aromatic rings. The molecule has 2 aliphatic rings. The number of halogens is 1. The van der Waals surface area contributed by atoms with Crippen molar-refractivity contribution >= 4 is 43.5 Å². The Kier molecular flexibility index (Phi) is 5.92. The summed E-state index contributed by atoms with van der Waals surface area (Å²) < 4.78 is 30.7. The van der Waals surface area contributed by atoms with Crippen LogP contribution >= 0.6 is 15.9 Å². The molecule has 0 bridgehead atoms. The Hall–Kier alpha value is -3.22. The van der Waals surface area contributed by atoms with Crippen LogP contribution in [-0.4, -0.2) is 14.2 Å². The molecule has 0 N–H and O–H groups in total. The maximum atomic E-state index is 14.3. The first kappa shape index (κ1) is 24.5. The minimum Gasteiger partial charge on any atom is -0.293 e. The lowest BCUT2D eigenvalue weighted by Crippen LogP contribution is -2.44. The molecule has 3 aromatic carbocycles. The summed E-state index contributed by atoms with van der Waals surface area (Å²) in [5.41, 5.74) is 2.21. The molecule has 0 saturated carbocycles. The highest BCUT2D eigenvalue weighted by molar-refractivity contribution is 9.10. The molecule has 4 nitrogen and oxygen atoms in total. The van der Waals surface area contributed by atoms with E-state index in [2.05, 4.69) is 36.7 Å². The summed E-state index contributed by atoms with van der Waals surface area (Å²) in [5, 5.41) is 0. The minimum absolute atomic E-state index is 0.0924. The Bertz CT molecular complexity index is 1540. The molecule has 0 saturated heterocycles. The highest BCUT2D eigenvalue weighted by atomic mass is 79.9. The lowest BCUT2D eigenvalue weighted by atomic mass is 9.74. The van der Waals surface area contributed by atoms with Crippen molar-refractivity contribution in [1.82, 2.24) is 0 Å². The second-order valence-electron chi connectivity index (χ2n) is 10.0. The quantitative estimate of drug-likeness (QED) is 0.348. The summed E-state index contributed by atoms with van der Waals surface area (Å²) >= 11 is 3.39. The summed E-state index contributed by atoms with van der Waals surface area (Å²) in [7, 11) is -4.09. The molecule has 0 unspecified atom stereocenters. The predicted molar refractivity (Wildman–Crippen MR) is 148 cm³/mol. The number of hydrogen-bond donors (Lipinski definition) is 0. The van der Waals surface area contributed by atoms with Crippen molar-refractivity contribution in [2.24, 2.45) is 0 Å². The van der Waals surface area contributed by atoms with Crippen molar-refractivity contribution in [2.45, 2.75) is 36.5 Å². The van der Waals surface area contributed by atoms with E-state index in [0.29, 0.717) is 11.4 Å². The smallest absolute Gasteiger partial charge is 0.268 e.